The molecule has 2 aromatic rings. The van der Waals surface area contributed by atoms with E-state index in [2.05, 4.69) is 35.7 Å². The zero-order valence-corrected chi connectivity index (χ0v) is 10.5. The maximum atomic E-state index is 9.18. The molecule has 2 rings (SSSR count). The Labute approximate surface area is 101 Å². The van der Waals surface area contributed by atoms with Gasteiger partial charge in [0.2, 0.25) is 0 Å². The van der Waals surface area contributed by atoms with Gasteiger partial charge in [0.25, 0.3) is 0 Å². The lowest BCUT2D eigenvalue weighted by Crippen LogP contribution is -2.04. The number of hydrogen-bond donors (Lipinski definition) is 1. The fraction of sp³-hybridized carbons (Fsp3) is 0.357. The maximum Gasteiger partial charge on any atom is 0.0891 e. The molecule has 0 saturated carbocycles. The third-order valence-electron chi connectivity index (χ3n) is 2.93. The molecule has 0 fully saturated rings. The largest absolute Gasteiger partial charge is 0.411 e. The Morgan fingerprint density at radius 2 is 2.06 bits per heavy atom. The van der Waals surface area contributed by atoms with Crippen LogP contribution in [0.1, 0.15) is 25.8 Å². The average Bonchev–Trinajstić information content (AvgIpc) is 2.64. The lowest BCUT2D eigenvalue weighted by atomic mass is 10.00. The molecular weight excluding hydrogens is 212 g/mol. The van der Waals surface area contributed by atoms with E-state index in [0.717, 1.165) is 28.6 Å². The van der Waals surface area contributed by atoms with Gasteiger partial charge in [0, 0.05) is 29.7 Å². The van der Waals surface area contributed by atoms with Crippen LogP contribution >= 0.6 is 0 Å². The maximum absolute atomic E-state index is 9.18. The molecule has 0 aliphatic carbocycles. The van der Waals surface area contributed by atoms with Crippen molar-refractivity contribution in [3.8, 4) is 0 Å². The van der Waals surface area contributed by atoms with Crippen LogP contribution in [0.4, 0.5) is 0 Å². The van der Waals surface area contributed by atoms with E-state index in [1.54, 1.807) is 0 Å². The summed E-state index contributed by atoms with van der Waals surface area (Å²) < 4.78 is 2.07. The molecule has 1 aromatic carbocycles. The van der Waals surface area contributed by atoms with E-state index in [4.69, 9.17) is 0 Å². The minimum atomic E-state index is 0.472. The molecule has 0 aliphatic heterocycles. The third-order valence-corrected chi connectivity index (χ3v) is 2.93. The van der Waals surface area contributed by atoms with E-state index >= 15 is 0 Å². The number of aryl methyl sites for hydroxylation is 1. The third kappa shape index (κ3) is 2.18. The number of hydrogen-bond acceptors (Lipinski definition) is 2. The number of aromatic nitrogens is 1. The first kappa shape index (κ1) is 11.7. The number of rotatable bonds is 3. The summed E-state index contributed by atoms with van der Waals surface area (Å²) in [5.74, 6) is 0.472. The normalized spacial score (nSPS) is 12.6. The Morgan fingerprint density at radius 3 is 2.71 bits per heavy atom. The highest BCUT2D eigenvalue weighted by Crippen LogP contribution is 2.23. The van der Waals surface area contributed by atoms with Gasteiger partial charge < -0.3 is 9.77 Å². The number of oxime groups is 1. The van der Waals surface area contributed by atoms with Crippen LogP contribution in [0.5, 0.6) is 0 Å². The first-order chi connectivity index (χ1) is 8.13. The molecule has 1 N–H and O–H groups in total. The number of nitrogens with zero attached hydrogens (tertiary/aromatic N) is 2. The van der Waals surface area contributed by atoms with E-state index in [1.807, 2.05) is 25.4 Å². The molecule has 0 bridgehead atoms. The van der Waals surface area contributed by atoms with Gasteiger partial charge in [-0.05, 0) is 18.4 Å². The van der Waals surface area contributed by atoms with E-state index in [0.29, 0.717) is 5.92 Å². The summed E-state index contributed by atoms with van der Waals surface area (Å²) in [5.41, 5.74) is 2.95. The molecule has 3 heteroatoms. The number of fused-ring (bicyclic) bond motifs is 1. The van der Waals surface area contributed by atoms with Gasteiger partial charge in [-0.15, -0.1) is 0 Å². The Hall–Kier alpha value is -1.77. The Morgan fingerprint density at radius 1 is 1.35 bits per heavy atom. The monoisotopic (exact) mass is 230 g/mol. The van der Waals surface area contributed by atoms with Gasteiger partial charge in [0.15, 0.2) is 0 Å². The summed E-state index contributed by atoms with van der Waals surface area (Å²) in [6, 6.07) is 8.17. The fourth-order valence-electron chi connectivity index (χ4n) is 2.16. The van der Waals surface area contributed by atoms with Gasteiger partial charge in [0.1, 0.15) is 0 Å². The van der Waals surface area contributed by atoms with Crippen molar-refractivity contribution in [2.45, 2.75) is 20.3 Å². The van der Waals surface area contributed by atoms with Gasteiger partial charge in [-0.2, -0.15) is 0 Å². The van der Waals surface area contributed by atoms with Crippen molar-refractivity contribution in [2.24, 2.45) is 18.1 Å². The highest BCUT2D eigenvalue weighted by molar-refractivity contribution is 6.10. The van der Waals surface area contributed by atoms with Crippen LogP contribution in [0.3, 0.4) is 0 Å². The van der Waals surface area contributed by atoms with Crippen molar-refractivity contribution in [1.82, 2.24) is 4.57 Å². The lowest BCUT2D eigenvalue weighted by Gasteiger charge is -2.05. The zero-order chi connectivity index (χ0) is 12.4. The molecule has 17 heavy (non-hydrogen) atoms. The van der Waals surface area contributed by atoms with Crippen molar-refractivity contribution in [3.63, 3.8) is 0 Å². The van der Waals surface area contributed by atoms with Crippen molar-refractivity contribution >= 4 is 16.6 Å². The molecule has 1 heterocycles. The minimum absolute atomic E-state index is 0.472. The van der Waals surface area contributed by atoms with E-state index in [9.17, 15) is 5.21 Å². The second-order valence-electron chi connectivity index (χ2n) is 4.82. The highest BCUT2D eigenvalue weighted by Gasteiger charge is 2.13. The molecule has 0 atom stereocenters. The zero-order valence-electron chi connectivity index (χ0n) is 10.5. The van der Waals surface area contributed by atoms with Crippen LogP contribution in [-0.4, -0.2) is 15.5 Å². The molecule has 1 aromatic heterocycles. The molecule has 0 spiro atoms. The molecule has 90 valence electrons. The molecule has 0 radical (unpaired) electrons. The van der Waals surface area contributed by atoms with Crippen molar-refractivity contribution in [1.29, 1.82) is 0 Å². The quantitative estimate of drug-likeness (QED) is 0.490. The fourth-order valence-corrected chi connectivity index (χ4v) is 2.16. The summed E-state index contributed by atoms with van der Waals surface area (Å²) in [6.07, 6.45) is 2.81. The van der Waals surface area contributed by atoms with Crippen LogP contribution < -0.4 is 0 Å². The van der Waals surface area contributed by atoms with Gasteiger partial charge >= 0.3 is 0 Å². The second kappa shape index (κ2) is 4.62. The van der Waals surface area contributed by atoms with Crippen LogP contribution in [0.25, 0.3) is 10.9 Å². The molecule has 0 saturated heterocycles. The van der Waals surface area contributed by atoms with Crippen LogP contribution in [0.15, 0.2) is 35.6 Å². The van der Waals surface area contributed by atoms with E-state index in [1.165, 1.54) is 0 Å². The molecule has 0 amide bonds. The van der Waals surface area contributed by atoms with E-state index in [-0.39, 0.29) is 0 Å². The highest BCUT2D eigenvalue weighted by atomic mass is 16.4. The summed E-state index contributed by atoms with van der Waals surface area (Å²) in [5, 5.41) is 13.8. The summed E-state index contributed by atoms with van der Waals surface area (Å²) in [4.78, 5) is 0. The summed E-state index contributed by atoms with van der Waals surface area (Å²) in [6.45, 7) is 4.24. The smallest absolute Gasteiger partial charge is 0.0891 e. The average molecular weight is 230 g/mol. The summed E-state index contributed by atoms with van der Waals surface area (Å²) in [7, 11) is 2.01. The first-order valence-corrected chi connectivity index (χ1v) is 5.89. The van der Waals surface area contributed by atoms with Crippen LogP contribution in [0, 0.1) is 5.92 Å². The van der Waals surface area contributed by atoms with Gasteiger partial charge in [-0.1, -0.05) is 37.2 Å². The Balaban J connectivity index is 2.55. The predicted octanol–water partition coefficient (Wildman–Crippen LogP) is 3.40. The molecular formula is C14H18N2O. The van der Waals surface area contributed by atoms with Gasteiger partial charge in [-0.3, -0.25) is 0 Å². The van der Waals surface area contributed by atoms with Crippen molar-refractivity contribution in [3.05, 3.63) is 36.0 Å². The topological polar surface area (TPSA) is 37.5 Å². The minimum Gasteiger partial charge on any atom is -0.411 e. The summed E-state index contributed by atoms with van der Waals surface area (Å²) >= 11 is 0. The molecule has 0 unspecified atom stereocenters. The van der Waals surface area contributed by atoms with E-state index < -0.39 is 0 Å². The van der Waals surface area contributed by atoms with Crippen LogP contribution in [0.2, 0.25) is 0 Å². The van der Waals surface area contributed by atoms with Gasteiger partial charge in [-0.25, -0.2) is 0 Å². The first-order valence-electron chi connectivity index (χ1n) is 5.89. The Bertz CT molecular complexity index is 552. The van der Waals surface area contributed by atoms with Gasteiger partial charge in [0.05, 0.1) is 5.71 Å². The predicted molar refractivity (Wildman–Crippen MR) is 70.7 cm³/mol. The van der Waals surface area contributed by atoms with Crippen molar-refractivity contribution < 1.29 is 5.21 Å². The lowest BCUT2D eigenvalue weighted by molar-refractivity contribution is 0.317. The van der Waals surface area contributed by atoms with Crippen LogP contribution in [-0.2, 0) is 7.05 Å². The number of benzene rings is 1. The van der Waals surface area contributed by atoms with Crippen molar-refractivity contribution in [2.75, 3.05) is 0 Å². The molecule has 3 nitrogen and oxygen atoms in total. The molecule has 0 aliphatic rings. The second-order valence-corrected chi connectivity index (χ2v) is 4.82. The standard InChI is InChI=1S/C14H18N2O/c1-10(2)8-13(15-17)12-9-16(3)14-7-5-4-6-11(12)14/h4-7,9-10,17H,8H2,1-3H3/b15-13+. The Kier molecular flexibility index (Phi) is 3.18. The SMILES string of the molecule is CC(C)C/C(=N\O)c1cn(C)c2ccccc12. The number of para-hydroxylation sites is 1.